The van der Waals surface area contributed by atoms with E-state index in [1.165, 1.54) is 0 Å². The molecular weight excluding hydrogens is 421 g/mol. The van der Waals surface area contributed by atoms with Crippen molar-refractivity contribution in [3.8, 4) is 22.6 Å². The second-order valence-electron chi connectivity index (χ2n) is 9.67. The van der Waals surface area contributed by atoms with E-state index in [1.807, 2.05) is 56.3 Å². The summed E-state index contributed by atoms with van der Waals surface area (Å²) >= 11 is 0. The summed E-state index contributed by atoms with van der Waals surface area (Å²) in [6, 6.07) is 28.6. The zero-order valence-corrected chi connectivity index (χ0v) is 19.9. The fraction of sp³-hybridized carbons (Fsp3) is 0.207. The van der Waals surface area contributed by atoms with Crippen LogP contribution in [0.1, 0.15) is 27.7 Å². The maximum absolute atomic E-state index is 10.3. The lowest BCUT2D eigenvalue weighted by Gasteiger charge is -2.37. The summed E-state index contributed by atoms with van der Waals surface area (Å²) < 4.78 is 12.2. The van der Waals surface area contributed by atoms with E-state index in [2.05, 4.69) is 42.5 Å². The minimum atomic E-state index is -0.972. The predicted octanol–water partition coefficient (Wildman–Crippen LogP) is 6.13. The molecule has 5 rings (SSSR count). The van der Waals surface area contributed by atoms with Gasteiger partial charge < -0.3 is 14.2 Å². The number of hydrogen-bond donors (Lipinski definition) is 1. The van der Waals surface area contributed by atoms with E-state index in [1.54, 1.807) is 21.3 Å². The van der Waals surface area contributed by atoms with E-state index in [0.717, 1.165) is 44.0 Å². The van der Waals surface area contributed by atoms with Gasteiger partial charge in [-0.25, -0.2) is 4.98 Å². The van der Waals surface area contributed by atoms with Crippen molar-refractivity contribution in [2.45, 2.75) is 38.9 Å². The molecule has 0 aliphatic carbocycles. The Kier molecular flexibility index (Phi) is 5.55. The molecule has 0 amide bonds. The summed E-state index contributed by atoms with van der Waals surface area (Å²) in [5.74, 6) is 0.603. The molecule has 169 valence electrons. The maximum atomic E-state index is 10.3. The van der Waals surface area contributed by atoms with Gasteiger partial charge in [0.25, 0.3) is 0 Å². The minimum Gasteiger partial charge on any atom is -0.435 e. The third-order valence-corrected chi connectivity index (χ3v) is 6.57. The molecule has 0 atom stereocenters. The summed E-state index contributed by atoms with van der Waals surface area (Å²) in [6.45, 7) is 7.25. The Morgan fingerprint density at radius 1 is 0.794 bits per heavy atom. The van der Waals surface area contributed by atoms with E-state index < -0.39 is 11.2 Å². The number of hydrogen-bond acceptors (Lipinski definition) is 4. The van der Waals surface area contributed by atoms with Crippen molar-refractivity contribution >= 4 is 34.8 Å². The average Bonchev–Trinajstić information content (AvgIpc) is 3.28. The zero-order chi connectivity index (χ0) is 23.9. The second kappa shape index (κ2) is 8.42. The Hall–Kier alpha value is -3.41. The fourth-order valence-corrected chi connectivity index (χ4v) is 3.76. The highest BCUT2D eigenvalue weighted by molar-refractivity contribution is 6.47. The van der Waals surface area contributed by atoms with Gasteiger partial charge >= 0.3 is 7.48 Å². The normalized spacial score (nSPS) is 12.4. The molecule has 0 fully saturated rings. The smallest absolute Gasteiger partial charge is 0.330 e. The van der Waals surface area contributed by atoms with Gasteiger partial charge in [-0.05, 0) is 62.4 Å². The summed E-state index contributed by atoms with van der Waals surface area (Å²) in [5, 5.41) is 12.5. The summed E-state index contributed by atoms with van der Waals surface area (Å²) in [4.78, 5) is 4.75. The first-order valence-corrected chi connectivity index (χ1v) is 11.4. The third-order valence-electron chi connectivity index (χ3n) is 6.57. The van der Waals surface area contributed by atoms with Gasteiger partial charge in [-0.3, -0.25) is 0 Å². The second-order valence-corrected chi connectivity index (χ2v) is 9.67. The first-order valence-electron chi connectivity index (χ1n) is 11.4. The first-order chi connectivity index (χ1) is 16.2. The van der Waals surface area contributed by atoms with Crippen molar-refractivity contribution in [2.24, 2.45) is 0 Å². The van der Waals surface area contributed by atoms with Crippen LogP contribution in [0.4, 0.5) is 0 Å². The number of aromatic nitrogens is 1. The minimum absolute atomic E-state index is 0.603. The molecule has 0 unspecified atom stereocenters. The van der Waals surface area contributed by atoms with Crippen LogP contribution in [0.2, 0.25) is 0 Å². The molecule has 1 N–H and O–H groups in total. The van der Waals surface area contributed by atoms with Gasteiger partial charge in [0.05, 0.1) is 11.2 Å². The van der Waals surface area contributed by atoms with Crippen LogP contribution in [0.15, 0.2) is 89.3 Å². The number of oxazole rings is 1. The third kappa shape index (κ3) is 4.25. The van der Waals surface area contributed by atoms with Gasteiger partial charge in [0.15, 0.2) is 5.58 Å². The van der Waals surface area contributed by atoms with Gasteiger partial charge in [0.2, 0.25) is 5.89 Å². The van der Waals surface area contributed by atoms with Crippen molar-refractivity contribution in [3.63, 3.8) is 0 Å². The van der Waals surface area contributed by atoms with Gasteiger partial charge in [-0.15, -0.1) is 0 Å². The molecule has 0 spiro atoms. The van der Waals surface area contributed by atoms with Crippen LogP contribution in [0.25, 0.3) is 44.5 Å². The Balaban J connectivity index is 1.45. The Bertz CT molecular complexity index is 1480. The van der Waals surface area contributed by atoms with Crippen LogP contribution in [-0.2, 0) is 4.65 Å². The topological polar surface area (TPSA) is 55.5 Å². The van der Waals surface area contributed by atoms with Crippen molar-refractivity contribution in [1.29, 1.82) is 0 Å². The van der Waals surface area contributed by atoms with Crippen LogP contribution in [0.5, 0.6) is 0 Å². The largest absolute Gasteiger partial charge is 0.435 e. The van der Waals surface area contributed by atoms with Crippen molar-refractivity contribution in [3.05, 3.63) is 84.9 Å². The molecule has 4 nitrogen and oxygen atoms in total. The molecule has 0 bridgehead atoms. The Morgan fingerprint density at radius 2 is 1.50 bits per heavy atom. The van der Waals surface area contributed by atoms with Crippen LogP contribution in [0.3, 0.4) is 0 Å². The molecule has 34 heavy (non-hydrogen) atoms. The first kappa shape index (κ1) is 22.4. The van der Waals surface area contributed by atoms with E-state index in [4.69, 9.17) is 14.1 Å². The standard InChI is InChI=1S/C29H27BNO3/c1-28(2,32)29(3,4)34-30-23-13-8-11-21(18-23)20-10-7-12-22(17-20)27-31-25-16-15-19-9-5-6-14-24(19)26(25)33-27/h5-18,32H,1-4H3. The van der Waals surface area contributed by atoms with E-state index in [9.17, 15) is 5.11 Å². The molecule has 0 aliphatic rings. The predicted molar refractivity (Wildman–Crippen MR) is 139 cm³/mol. The lowest BCUT2D eigenvalue weighted by Crippen LogP contribution is -2.49. The van der Waals surface area contributed by atoms with E-state index >= 15 is 0 Å². The van der Waals surface area contributed by atoms with Crippen LogP contribution in [-0.4, -0.2) is 28.8 Å². The number of benzene rings is 4. The lowest BCUT2D eigenvalue weighted by atomic mass is 9.81. The number of nitrogens with zero attached hydrogens (tertiary/aromatic N) is 1. The quantitative estimate of drug-likeness (QED) is 0.318. The SMILES string of the molecule is CC(C)(O)C(C)(C)O[B]c1cccc(-c2cccc(-c3nc4ccc5ccccc5c4o3)c2)c1. The summed E-state index contributed by atoms with van der Waals surface area (Å²) in [6.07, 6.45) is 0. The van der Waals surface area contributed by atoms with Crippen LogP contribution >= 0.6 is 0 Å². The average molecular weight is 448 g/mol. The highest BCUT2D eigenvalue weighted by Gasteiger charge is 2.35. The highest BCUT2D eigenvalue weighted by Crippen LogP contribution is 2.32. The fourth-order valence-electron chi connectivity index (χ4n) is 3.76. The Morgan fingerprint density at radius 3 is 2.29 bits per heavy atom. The maximum Gasteiger partial charge on any atom is 0.330 e. The molecule has 5 heteroatoms. The summed E-state index contributed by atoms with van der Waals surface area (Å²) in [5.41, 5.74) is 3.92. The number of fused-ring (bicyclic) bond motifs is 3. The van der Waals surface area contributed by atoms with Gasteiger partial charge in [-0.2, -0.15) is 0 Å². The summed E-state index contributed by atoms with van der Waals surface area (Å²) in [7, 11) is 1.71. The number of aliphatic hydroxyl groups is 1. The van der Waals surface area contributed by atoms with Crippen LogP contribution < -0.4 is 5.46 Å². The van der Waals surface area contributed by atoms with Crippen molar-refractivity contribution < 1.29 is 14.2 Å². The molecule has 1 radical (unpaired) electrons. The van der Waals surface area contributed by atoms with Gasteiger partial charge in [0, 0.05) is 10.9 Å². The van der Waals surface area contributed by atoms with Crippen molar-refractivity contribution in [1.82, 2.24) is 4.98 Å². The monoisotopic (exact) mass is 448 g/mol. The molecule has 1 aromatic heterocycles. The molecule has 1 heterocycles. The van der Waals surface area contributed by atoms with Crippen LogP contribution in [0, 0.1) is 0 Å². The molecule has 0 saturated carbocycles. The van der Waals surface area contributed by atoms with Gasteiger partial charge in [-0.1, -0.05) is 72.2 Å². The lowest BCUT2D eigenvalue weighted by molar-refractivity contribution is -0.0893. The number of rotatable bonds is 6. The van der Waals surface area contributed by atoms with Crippen molar-refractivity contribution in [2.75, 3.05) is 0 Å². The molecule has 0 aliphatic heterocycles. The van der Waals surface area contributed by atoms with Gasteiger partial charge in [0.1, 0.15) is 5.52 Å². The molecular formula is C29H27BNO3. The van der Waals surface area contributed by atoms with E-state index in [-0.39, 0.29) is 0 Å². The zero-order valence-electron chi connectivity index (χ0n) is 19.9. The van der Waals surface area contributed by atoms with E-state index in [0.29, 0.717) is 5.89 Å². The molecule has 0 saturated heterocycles. The highest BCUT2D eigenvalue weighted by atomic mass is 16.5. The Labute approximate surface area is 200 Å². The molecule has 5 aromatic rings. The molecule has 4 aromatic carbocycles.